The van der Waals surface area contributed by atoms with E-state index in [4.69, 9.17) is 9.47 Å². The zero-order valence-corrected chi connectivity index (χ0v) is 11.0. The maximum atomic E-state index is 5.43. The molecule has 0 fully saturated rings. The third-order valence-electron chi connectivity index (χ3n) is 2.30. The van der Waals surface area contributed by atoms with Crippen molar-refractivity contribution in [1.82, 2.24) is 15.1 Å². The molecule has 17 heavy (non-hydrogen) atoms. The Morgan fingerprint density at radius 3 is 2.59 bits per heavy atom. The summed E-state index contributed by atoms with van der Waals surface area (Å²) in [5, 5.41) is 7.52. The number of aryl methyl sites for hydroxylation is 1. The van der Waals surface area contributed by atoms with Crippen LogP contribution in [-0.4, -0.2) is 42.4 Å². The molecule has 0 unspecified atom stereocenters. The van der Waals surface area contributed by atoms with Crippen molar-refractivity contribution in [2.75, 3.05) is 26.3 Å². The van der Waals surface area contributed by atoms with Crippen LogP contribution in [-0.2, 0) is 16.0 Å². The number of rotatable bonds is 9. The van der Waals surface area contributed by atoms with Crippen LogP contribution in [0.15, 0.2) is 12.4 Å². The molecule has 0 bridgehead atoms. The van der Waals surface area contributed by atoms with Gasteiger partial charge in [-0.05, 0) is 26.3 Å². The van der Waals surface area contributed by atoms with Crippen LogP contribution in [0, 0.1) is 6.92 Å². The Morgan fingerprint density at radius 2 is 2.06 bits per heavy atom. The van der Waals surface area contributed by atoms with Gasteiger partial charge in [0.25, 0.3) is 0 Å². The molecule has 5 heteroatoms. The van der Waals surface area contributed by atoms with Crippen molar-refractivity contribution in [1.29, 1.82) is 0 Å². The second-order valence-corrected chi connectivity index (χ2v) is 3.83. The van der Waals surface area contributed by atoms with Crippen LogP contribution in [0.3, 0.4) is 0 Å². The van der Waals surface area contributed by atoms with Crippen LogP contribution < -0.4 is 5.32 Å². The van der Waals surface area contributed by atoms with Gasteiger partial charge in [0.15, 0.2) is 6.29 Å². The molecule has 5 nitrogen and oxygen atoms in total. The summed E-state index contributed by atoms with van der Waals surface area (Å²) in [6, 6.07) is 0. The third kappa shape index (κ3) is 5.81. The molecule has 1 N–H and O–H groups in total. The SMILES string of the molecule is CCOC(CNCCn1cc(C)cn1)OCC. The van der Waals surface area contributed by atoms with Crippen molar-refractivity contribution in [3.63, 3.8) is 0 Å². The average molecular weight is 241 g/mol. The van der Waals surface area contributed by atoms with Crippen LogP contribution in [0.4, 0.5) is 0 Å². The van der Waals surface area contributed by atoms with Gasteiger partial charge in [-0.3, -0.25) is 4.68 Å². The van der Waals surface area contributed by atoms with Gasteiger partial charge in [0.2, 0.25) is 0 Å². The number of hydrogen-bond acceptors (Lipinski definition) is 4. The Morgan fingerprint density at radius 1 is 1.35 bits per heavy atom. The molecule has 1 aromatic heterocycles. The number of aromatic nitrogens is 2. The molecule has 0 aliphatic rings. The van der Waals surface area contributed by atoms with Gasteiger partial charge in [-0.2, -0.15) is 5.10 Å². The topological polar surface area (TPSA) is 48.3 Å². The predicted molar refractivity (Wildman–Crippen MR) is 66.9 cm³/mol. The highest BCUT2D eigenvalue weighted by Crippen LogP contribution is 1.94. The summed E-state index contributed by atoms with van der Waals surface area (Å²) in [5.41, 5.74) is 1.19. The summed E-state index contributed by atoms with van der Waals surface area (Å²) < 4.78 is 12.8. The summed E-state index contributed by atoms with van der Waals surface area (Å²) in [6.07, 6.45) is 3.75. The van der Waals surface area contributed by atoms with E-state index in [9.17, 15) is 0 Å². The summed E-state index contributed by atoms with van der Waals surface area (Å²) in [6.45, 7) is 9.75. The molecule has 0 saturated heterocycles. The van der Waals surface area contributed by atoms with E-state index in [0.29, 0.717) is 19.8 Å². The lowest BCUT2D eigenvalue weighted by atomic mass is 10.4. The Hall–Kier alpha value is -0.910. The highest BCUT2D eigenvalue weighted by atomic mass is 16.7. The van der Waals surface area contributed by atoms with Gasteiger partial charge in [0, 0.05) is 32.5 Å². The van der Waals surface area contributed by atoms with Crippen LogP contribution in [0.25, 0.3) is 0 Å². The zero-order chi connectivity index (χ0) is 12.5. The molecular weight excluding hydrogens is 218 g/mol. The molecule has 0 aliphatic heterocycles. The molecule has 0 aromatic carbocycles. The molecule has 1 aromatic rings. The molecule has 0 aliphatic carbocycles. The van der Waals surface area contributed by atoms with E-state index in [2.05, 4.69) is 10.4 Å². The molecule has 0 spiro atoms. The first-order valence-electron chi connectivity index (χ1n) is 6.19. The highest BCUT2D eigenvalue weighted by molar-refractivity contribution is 4.99. The largest absolute Gasteiger partial charge is 0.352 e. The fourth-order valence-electron chi connectivity index (χ4n) is 1.54. The monoisotopic (exact) mass is 241 g/mol. The number of ether oxygens (including phenoxy) is 2. The van der Waals surface area contributed by atoms with E-state index < -0.39 is 0 Å². The Labute approximate surface area is 103 Å². The van der Waals surface area contributed by atoms with Gasteiger partial charge in [-0.25, -0.2) is 0 Å². The first-order chi connectivity index (χ1) is 8.26. The minimum atomic E-state index is -0.149. The molecule has 1 rings (SSSR count). The number of nitrogens with one attached hydrogen (secondary N) is 1. The van der Waals surface area contributed by atoms with Crippen molar-refractivity contribution in [3.05, 3.63) is 18.0 Å². The molecule has 0 atom stereocenters. The highest BCUT2D eigenvalue weighted by Gasteiger charge is 2.06. The second-order valence-electron chi connectivity index (χ2n) is 3.83. The van der Waals surface area contributed by atoms with Crippen molar-refractivity contribution in [2.45, 2.75) is 33.6 Å². The minimum Gasteiger partial charge on any atom is -0.352 e. The first kappa shape index (κ1) is 14.2. The molecule has 0 amide bonds. The predicted octanol–water partition coefficient (Wildman–Crippen LogP) is 1.18. The second kappa shape index (κ2) is 8.22. The minimum absolute atomic E-state index is 0.149. The van der Waals surface area contributed by atoms with Crippen LogP contribution >= 0.6 is 0 Å². The van der Waals surface area contributed by atoms with E-state index in [1.165, 1.54) is 5.56 Å². The van der Waals surface area contributed by atoms with Gasteiger partial charge in [-0.1, -0.05) is 0 Å². The Balaban J connectivity index is 2.13. The third-order valence-corrected chi connectivity index (χ3v) is 2.30. The fourth-order valence-corrected chi connectivity index (χ4v) is 1.54. The van der Waals surface area contributed by atoms with Crippen LogP contribution in [0.2, 0.25) is 0 Å². The van der Waals surface area contributed by atoms with Gasteiger partial charge in [-0.15, -0.1) is 0 Å². The lowest BCUT2D eigenvalue weighted by molar-refractivity contribution is -0.132. The van der Waals surface area contributed by atoms with Gasteiger partial charge < -0.3 is 14.8 Å². The first-order valence-corrected chi connectivity index (χ1v) is 6.19. The molecule has 1 heterocycles. The van der Waals surface area contributed by atoms with E-state index in [0.717, 1.165) is 13.1 Å². The van der Waals surface area contributed by atoms with Gasteiger partial charge in [0.1, 0.15) is 0 Å². The standard InChI is InChI=1S/C12H23N3O2/c1-4-16-12(17-5-2)9-13-6-7-15-10-11(3)8-14-15/h8,10,12-13H,4-7,9H2,1-3H3. The van der Waals surface area contributed by atoms with E-state index in [1.807, 2.05) is 37.8 Å². The average Bonchev–Trinajstić information content (AvgIpc) is 2.71. The summed E-state index contributed by atoms with van der Waals surface area (Å²) in [5.74, 6) is 0. The molecule has 98 valence electrons. The maximum absolute atomic E-state index is 5.43. The lowest BCUT2D eigenvalue weighted by Gasteiger charge is -2.17. The number of hydrogen-bond donors (Lipinski definition) is 1. The van der Waals surface area contributed by atoms with E-state index in [-0.39, 0.29) is 6.29 Å². The lowest BCUT2D eigenvalue weighted by Crippen LogP contribution is -2.33. The smallest absolute Gasteiger partial charge is 0.169 e. The van der Waals surface area contributed by atoms with Gasteiger partial charge in [0.05, 0.1) is 12.7 Å². The van der Waals surface area contributed by atoms with Crippen molar-refractivity contribution in [2.24, 2.45) is 0 Å². The van der Waals surface area contributed by atoms with Crippen molar-refractivity contribution >= 4 is 0 Å². The van der Waals surface area contributed by atoms with Gasteiger partial charge >= 0.3 is 0 Å². The van der Waals surface area contributed by atoms with Crippen LogP contribution in [0.1, 0.15) is 19.4 Å². The Bertz CT molecular complexity index is 296. The summed E-state index contributed by atoms with van der Waals surface area (Å²) in [7, 11) is 0. The summed E-state index contributed by atoms with van der Waals surface area (Å²) >= 11 is 0. The van der Waals surface area contributed by atoms with E-state index in [1.54, 1.807) is 0 Å². The fraction of sp³-hybridized carbons (Fsp3) is 0.750. The number of nitrogens with zero attached hydrogens (tertiary/aromatic N) is 2. The zero-order valence-electron chi connectivity index (χ0n) is 11.0. The summed E-state index contributed by atoms with van der Waals surface area (Å²) in [4.78, 5) is 0. The molecule has 0 saturated carbocycles. The quantitative estimate of drug-likeness (QED) is 0.521. The molecular formula is C12H23N3O2. The van der Waals surface area contributed by atoms with Crippen LogP contribution in [0.5, 0.6) is 0 Å². The van der Waals surface area contributed by atoms with Crippen molar-refractivity contribution < 1.29 is 9.47 Å². The van der Waals surface area contributed by atoms with E-state index >= 15 is 0 Å². The van der Waals surface area contributed by atoms with Crippen molar-refractivity contribution in [3.8, 4) is 0 Å². The maximum Gasteiger partial charge on any atom is 0.169 e. The normalized spacial score (nSPS) is 11.3. The molecule has 0 radical (unpaired) electrons. The Kier molecular flexibility index (Phi) is 6.84.